The highest BCUT2D eigenvalue weighted by molar-refractivity contribution is 5.22. The second kappa shape index (κ2) is 2.47. The highest BCUT2D eigenvalue weighted by Gasteiger charge is 2.16. The van der Waals surface area contributed by atoms with Crippen molar-refractivity contribution >= 4 is 0 Å². The Kier molecular flexibility index (Phi) is 1.47. The number of fused-ring (bicyclic) bond motifs is 1. The number of nitrogens with one attached hydrogen (secondary N) is 2. The lowest BCUT2D eigenvalue weighted by Crippen LogP contribution is -2.29. The molecular weight excluding hydrogens is 140 g/mol. The molecule has 4 heteroatoms. The van der Waals surface area contributed by atoms with E-state index >= 15 is 0 Å². The van der Waals surface area contributed by atoms with Crippen LogP contribution in [0.15, 0.2) is 23.7 Å². The number of hydrogen-bond acceptors (Lipinski definition) is 4. The van der Waals surface area contributed by atoms with E-state index in [0.717, 1.165) is 31.2 Å². The molecule has 1 fully saturated rings. The molecule has 60 valence electrons. The minimum Gasteiger partial charge on any atom is -0.399 e. The summed E-state index contributed by atoms with van der Waals surface area (Å²) in [5, 5.41) is 5.26. The van der Waals surface area contributed by atoms with Gasteiger partial charge < -0.3 is 11.1 Å². The molecule has 2 aliphatic rings. The van der Waals surface area contributed by atoms with Crippen LogP contribution in [-0.4, -0.2) is 18.2 Å². The van der Waals surface area contributed by atoms with Crippen molar-refractivity contribution in [2.75, 3.05) is 13.2 Å². The predicted molar refractivity (Wildman–Crippen MR) is 42.8 cm³/mol. The SMILES string of the molecule is NC1=CCCN2NCNC2=C1. The molecule has 0 saturated carbocycles. The van der Waals surface area contributed by atoms with E-state index in [-0.39, 0.29) is 0 Å². The Morgan fingerprint density at radius 1 is 1.55 bits per heavy atom. The zero-order chi connectivity index (χ0) is 7.68. The average molecular weight is 152 g/mol. The molecule has 0 radical (unpaired) electrons. The van der Waals surface area contributed by atoms with E-state index in [2.05, 4.69) is 15.8 Å². The molecule has 1 saturated heterocycles. The highest BCUT2D eigenvalue weighted by atomic mass is 15.6. The molecule has 0 aromatic carbocycles. The molecule has 2 aliphatic heterocycles. The molecule has 4 N–H and O–H groups in total. The Labute approximate surface area is 65.7 Å². The number of rotatable bonds is 0. The van der Waals surface area contributed by atoms with Crippen LogP contribution in [0.5, 0.6) is 0 Å². The second-order valence-electron chi connectivity index (χ2n) is 2.69. The molecule has 0 unspecified atom stereocenters. The van der Waals surface area contributed by atoms with E-state index in [1.54, 1.807) is 0 Å². The van der Waals surface area contributed by atoms with Gasteiger partial charge in [0.05, 0.1) is 6.67 Å². The maximum atomic E-state index is 5.68. The largest absolute Gasteiger partial charge is 0.399 e. The van der Waals surface area contributed by atoms with Gasteiger partial charge in [-0.05, 0) is 6.42 Å². The molecule has 2 rings (SSSR count). The van der Waals surface area contributed by atoms with Gasteiger partial charge in [-0.1, -0.05) is 6.08 Å². The lowest BCUT2D eigenvalue weighted by Gasteiger charge is -2.15. The number of hydrogen-bond donors (Lipinski definition) is 3. The van der Waals surface area contributed by atoms with Crippen LogP contribution in [0.4, 0.5) is 0 Å². The van der Waals surface area contributed by atoms with Gasteiger partial charge in [-0.3, -0.25) is 5.01 Å². The Bertz CT molecular complexity index is 218. The summed E-state index contributed by atoms with van der Waals surface area (Å²) in [6.45, 7) is 1.79. The van der Waals surface area contributed by atoms with E-state index in [4.69, 9.17) is 5.73 Å². The third kappa shape index (κ3) is 1.17. The summed E-state index contributed by atoms with van der Waals surface area (Å²) in [6, 6.07) is 0. The molecule has 0 aromatic heterocycles. The van der Waals surface area contributed by atoms with E-state index in [1.165, 1.54) is 0 Å². The maximum absolute atomic E-state index is 5.68. The maximum Gasteiger partial charge on any atom is 0.119 e. The van der Waals surface area contributed by atoms with Crippen LogP contribution < -0.4 is 16.5 Å². The third-order valence-electron chi connectivity index (χ3n) is 1.87. The summed E-state index contributed by atoms with van der Waals surface area (Å²) < 4.78 is 0. The molecule has 0 aliphatic carbocycles. The first kappa shape index (κ1) is 6.54. The van der Waals surface area contributed by atoms with Crippen molar-refractivity contribution in [1.29, 1.82) is 0 Å². The number of nitrogens with zero attached hydrogens (tertiary/aromatic N) is 1. The van der Waals surface area contributed by atoms with Crippen LogP contribution >= 0.6 is 0 Å². The standard InChI is InChI=1S/C7H12N4/c8-6-2-1-3-11-7(4-6)9-5-10-11/h2,4,9-10H,1,3,5,8H2. The summed E-state index contributed by atoms with van der Waals surface area (Å²) in [7, 11) is 0. The summed E-state index contributed by atoms with van der Waals surface area (Å²) in [5.41, 5.74) is 9.71. The molecule has 2 heterocycles. The summed E-state index contributed by atoms with van der Waals surface area (Å²) >= 11 is 0. The highest BCUT2D eigenvalue weighted by Crippen LogP contribution is 2.09. The van der Waals surface area contributed by atoms with Crippen LogP contribution in [-0.2, 0) is 0 Å². The molecule has 0 spiro atoms. The molecule has 0 aromatic rings. The van der Waals surface area contributed by atoms with Crippen molar-refractivity contribution in [3.8, 4) is 0 Å². The smallest absolute Gasteiger partial charge is 0.119 e. The lowest BCUT2D eigenvalue weighted by atomic mass is 10.3. The Balaban J connectivity index is 2.22. The van der Waals surface area contributed by atoms with E-state index in [1.807, 2.05) is 12.2 Å². The molecule has 0 bridgehead atoms. The molecule has 0 atom stereocenters. The average Bonchev–Trinajstić information content (AvgIpc) is 2.31. The van der Waals surface area contributed by atoms with Gasteiger partial charge in [0, 0.05) is 18.3 Å². The zero-order valence-electron chi connectivity index (χ0n) is 6.30. The van der Waals surface area contributed by atoms with Crippen molar-refractivity contribution in [3.05, 3.63) is 23.7 Å². The van der Waals surface area contributed by atoms with Gasteiger partial charge in [0.2, 0.25) is 0 Å². The topological polar surface area (TPSA) is 53.3 Å². The molecule has 0 amide bonds. The number of hydrazine groups is 1. The Morgan fingerprint density at radius 2 is 2.45 bits per heavy atom. The molecule has 4 nitrogen and oxygen atoms in total. The van der Waals surface area contributed by atoms with Gasteiger partial charge in [-0.25, -0.2) is 5.43 Å². The monoisotopic (exact) mass is 152 g/mol. The van der Waals surface area contributed by atoms with Gasteiger partial charge in [0.15, 0.2) is 0 Å². The summed E-state index contributed by atoms with van der Waals surface area (Å²) in [5.74, 6) is 1.08. The van der Waals surface area contributed by atoms with Crippen molar-refractivity contribution in [3.63, 3.8) is 0 Å². The summed E-state index contributed by atoms with van der Waals surface area (Å²) in [4.78, 5) is 0. The van der Waals surface area contributed by atoms with Gasteiger partial charge in [-0.15, -0.1) is 0 Å². The minimum absolute atomic E-state index is 0.805. The Hall–Kier alpha value is -1.16. The van der Waals surface area contributed by atoms with Gasteiger partial charge in [-0.2, -0.15) is 0 Å². The number of allylic oxidation sites excluding steroid dienone is 1. The van der Waals surface area contributed by atoms with Crippen molar-refractivity contribution < 1.29 is 0 Å². The van der Waals surface area contributed by atoms with Crippen LogP contribution in [0.1, 0.15) is 6.42 Å². The second-order valence-corrected chi connectivity index (χ2v) is 2.69. The van der Waals surface area contributed by atoms with E-state index in [9.17, 15) is 0 Å². The van der Waals surface area contributed by atoms with E-state index in [0.29, 0.717) is 0 Å². The fourth-order valence-electron chi connectivity index (χ4n) is 1.31. The lowest BCUT2D eigenvalue weighted by molar-refractivity contribution is 0.305. The van der Waals surface area contributed by atoms with Crippen LogP contribution in [0, 0.1) is 0 Å². The third-order valence-corrected chi connectivity index (χ3v) is 1.87. The normalized spacial score (nSPS) is 23.1. The van der Waals surface area contributed by atoms with Crippen LogP contribution in [0.25, 0.3) is 0 Å². The number of nitrogens with two attached hydrogens (primary N) is 1. The fourth-order valence-corrected chi connectivity index (χ4v) is 1.31. The first-order valence-electron chi connectivity index (χ1n) is 3.78. The minimum atomic E-state index is 0.805. The van der Waals surface area contributed by atoms with Gasteiger partial charge >= 0.3 is 0 Å². The molecular formula is C7H12N4. The quantitative estimate of drug-likeness (QED) is 0.435. The first-order valence-corrected chi connectivity index (χ1v) is 3.78. The van der Waals surface area contributed by atoms with Gasteiger partial charge in [0.1, 0.15) is 5.82 Å². The van der Waals surface area contributed by atoms with Crippen LogP contribution in [0.2, 0.25) is 0 Å². The van der Waals surface area contributed by atoms with E-state index < -0.39 is 0 Å². The van der Waals surface area contributed by atoms with Crippen LogP contribution in [0.3, 0.4) is 0 Å². The predicted octanol–water partition coefficient (Wildman–Crippen LogP) is -0.559. The van der Waals surface area contributed by atoms with Gasteiger partial charge in [0.25, 0.3) is 0 Å². The first-order chi connectivity index (χ1) is 5.36. The Morgan fingerprint density at radius 3 is 3.36 bits per heavy atom. The summed E-state index contributed by atoms with van der Waals surface area (Å²) in [6.07, 6.45) is 4.99. The zero-order valence-corrected chi connectivity index (χ0v) is 6.30. The van der Waals surface area contributed by atoms with Crippen molar-refractivity contribution in [1.82, 2.24) is 15.8 Å². The van der Waals surface area contributed by atoms with Crippen molar-refractivity contribution in [2.45, 2.75) is 6.42 Å². The van der Waals surface area contributed by atoms with Crippen molar-refractivity contribution in [2.24, 2.45) is 5.73 Å². The fraction of sp³-hybridized carbons (Fsp3) is 0.429. The molecule has 11 heavy (non-hydrogen) atoms.